The van der Waals surface area contributed by atoms with Gasteiger partial charge in [0.25, 0.3) is 17.7 Å². The Kier molecular flexibility index (Phi) is 6.13. The summed E-state index contributed by atoms with van der Waals surface area (Å²) in [7, 11) is 0. The lowest BCUT2D eigenvalue weighted by molar-refractivity contribution is -0.150. The number of carbonyl (C=O) groups excluding carboxylic acids is 3. The van der Waals surface area contributed by atoms with E-state index in [9.17, 15) is 14.4 Å². The summed E-state index contributed by atoms with van der Waals surface area (Å²) in [6.45, 7) is -0.252. The molecule has 0 saturated carbocycles. The minimum atomic E-state index is -1.03. The number of hydrogen-bond acceptors (Lipinski definition) is 8. The highest BCUT2D eigenvalue weighted by molar-refractivity contribution is 7.98. The molecule has 0 fully saturated rings. The number of hydrogen-bond donors (Lipinski definition) is 0. The minimum absolute atomic E-state index is 0.123. The van der Waals surface area contributed by atoms with Gasteiger partial charge in [0, 0.05) is 5.56 Å². The van der Waals surface area contributed by atoms with Gasteiger partial charge < -0.3 is 9.15 Å². The van der Waals surface area contributed by atoms with E-state index in [1.54, 1.807) is 24.3 Å². The molecule has 0 saturated heterocycles. The maximum atomic E-state index is 12.9. The summed E-state index contributed by atoms with van der Waals surface area (Å²) in [6.07, 6.45) is 2.17. The lowest BCUT2D eigenvalue weighted by Crippen LogP contribution is -2.46. The molecule has 2 heterocycles. The first kappa shape index (κ1) is 20.8. The Labute approximate surface area is 182 Å². The lowest BCUT2D eigenvalue weighted by atomic mass is 10.1. The molecule has 0 bridgehead atoms. The van der Waals surface area contributed by atoms with Gasteiger partial charge in [-0.15, -0.1) is 10.2 Å². The van der Waals surface area contributed by atoms with Crippen LogP contribution in [0.5, 0.6) is 0 Å². The molecule has 0 N–H and O–H groups in total. The van der Waals surface area contributed by atoms with Gasteiger partial charge in [0.15, 0.2) is 6.61 Å². The molecule has 1 aromatic heterocycles. The molecule has 0 spiro atoms. The van der Waals surface area contributed by atoms with Crippen LogP contribution in [0.2, 0.25) is 0 Å². The molecule has 2 aromatic carbocycles. The van der Waals surface area contributed by atoms with E-state index in [0.29, 0.717) is 22.8 Å². The molecule has 1 aliphatic heterocycles. The Morgan fingerprint density at radius 1 is 1.03 bits per heavy atom. The van der Waals surface area contributed by atoms with Crippen molar-refractivity contribution in [2.45, 2.75) is 19.1 Å². The third-order valence-corrected chi connectivity index (χ3v) is 5.47. The van der Waals surface area contributed by atoms with Crippen LogP contribution in [0.3, 0.4) is 0 Å². The summed E-state index contributed by atoms with van der Waals surface area (Å²) in [5, 5.41) is 7.86. The van der Waals surface area contributed by atoms with Crippen molar-refractivity contribution >= 4 is 29.5 Å². The Balaban J connectivity index is 1.48. The number of imide groups is 1. The number of benzene rings is 2. The third kappa shape index (κ3) is 4.22. The largest absolute Gasteiger partial charge is 0.454 e. The number of esters is 1. The first-order chi connectivity index (χ1) is 15.1. The Morgan fingerprint density at radius 2 is 1.68 bits per heavy atom. The van der Waals surface area contributed by atoms with Crippen molar-refractivity contribution in [3.8, 4) is 11.5 Å². The molecule has 3 aromatic rings. The van der Waals surface area contributed by atoms with E-state index in [0.717, 1.165) is 10.5 Å². The molecule has 4 rings (SSSR count). The topological polar surface area (TPSA) is 103 Å². The number of carbonyl (C=O) groups is 3. The van der Waals surface area contributed by atoms with Gasteiger partial charge >= 0.3 is 5.97 Å². The fourth-order valence-electron chi connectivity index (χ4n) is 3.31. The van der Waals surface area contributed by atoms with Crippen LogP contribution in [0.1, 0.15) is 33.0 Å². The van der Waals surface area contributed by atoms with Crippen LogP contribution in [0.15, 0.2) is 59.0 Å². The number of amides is 2. The van der Waals surface area contributed by atoms with Crippen LogP contribution >= 0.6 is 11.8 Å². The standard InChI is InChI=1S/C22H19N3O5S/c1-31-12-11-17(25-20(26)15-9-5-6-10-16(15)21(25)27)22(28)29-13-18-23-24-19(30-18)14-7-3-2-4-8-14/h2-10,17H,11-13H2,1H3/t17-/m1/s1. The van der Waals surface area contributed by atoms with Gasteiger partial charge in [-0.25, -0.2) is 4.79 Å². The van der Waals surface area contributed by atoms with Crippen molar-refractivity contribution in [1.82, 2.24) is 15.1 Å². The van der Waals surface area contributed by atoms with Gasteiger partial charge in [-0.3, -0.25) is 14.5 Å². The third-order valence-electron chi connectivity index (χ3n) is 4.83. The highest BCUT2D eigenvalue weighted by atomic mass is 32.2. The van der Waals surface area contributed by atoms with Gasteiger partial charge in [-0.1, -0.05) is 30.3 Å². The van der Waals surface area contributed by atoms with Crippen molar-refractivity contribution < 1.29 is 23.5 Å². The van der Waals surface area contributed by atoms with Crippen molar-refractivity contribution in [2.24, 2.45) is 0 Å². The fraction of sp³-hybridized carbons (Fsp3) is 0.227. The fourth-order valence-corrected chi connectivity index (χ4v) is 3.77. The molecule has 8 nitrogen and oxygen atoms in total. The molecule has 158 valence electrons. The van der Waals surface area contributed by atoms with Crippen molar-refractivity contribution in [2.75, 3.05) is 12.0 Å². The van der Waals surface area contributed by atoms with Crippen LogP contribution in [-0.4, -0.2) is 50.9 Å². The zero-order chi connectivity index (χ0) is 21.8. The number of thioether (sulfide) groups is 1. The van der Waals surface area contributed by atoms with Crippen LogP contribution in [0.4, 0.5) is 0 Å². The number of rotatable bonds is 8. The van der Waals surface area contributed by atoms with E-state index in [2.05, 4.69) is 10.2 Å². The summed E-state index contributed by atoms with van der Waals surface area (Å²) >= 11 is 1.51. The van der Waals surface area contributed by atoms with Crippen molar-refractivity contribution in [1.29, 1.82) is 0 Å². The van der Waals surface area contributed by atoms with E-state index in [4.69, 9.17) is 9.15 Å². The number of fused-ring (bicyclic) bond motifs is 1. The number of aromatic nitrogens is 2. The molecule has 9 heteroatoms. The normalized spacial score (nSPS) is 13.9. The molecule has 1 atom stereocenters. The summed E-state index contributed by atoms with van der Waals surface area (Å²) in [6, 6.07) is 14.7. The first-order valence-electron chi connectivity index (χ1n) is 9.60. The predicted molar refractivity (Wildman–Crippen MR) is 113 cm³/mol. The average Bonchev–Trinajstić information content (AvgIpc) is 3.38. The Morgan fingerprint density at radius 3 is 2.32 bits per heavy atom. The predicted octanol–water partition coefficient (Wildman–Crippen LogP) is 3.20. The van der Waals surface area contributed by atoms with Gasteiger partial charge in [0.05, 0.1) is 11.1 Å². The van der Waals surface area contributed by atoms with E-state index in [1.807, 2.05) is 36.6 Å². The molecule has 0 radical (unpaired) electrons. The molecule has 0 aliphatic carbocycles. The maximum Gasteiger partial charge on any atom is 0.329 e. The summed E-state index contributed by atoms with van der Waals surface area (Å²) in [4.78, 5) is 39.5. The van der Waals surface area contributed by atoms with Gasteiger partial charge in [0.1, 0.15) is 6.04 Å². The zero-order valence-electron chi connectivity index (χ0n) is 16.7. The molecule has 0 unspecified atom stereocenters. The summed E-state index contributed by atoms with van der Waals surface area (Å²) < 4.78 is 10.9. The van der Waals surface area contributed by atoms with E-state index < -0.39 is 23.8 Å². The van der Waals surface area contributed by atoms with Crippen LogP contribution in [0, 0.1) is 0 Å². The van der Waals surface area contributed by atoms with Crippen LogP contribution in [0.25, 0.3) is 11.5 Å². The SMILES string of the molecule is CSCC[C@H](C(=O)OCc1nnc(-c2ccccc2)o1)N1C(=O)c2ccccc2C1=O. The highest BCUT2D eigenvalue weighted by Gasteiger charge is 2.43. The molecular weight excluding hydrogens is 418 g/mol. The summed E-state index contributed by atoms with van der Waals surface area (Å²) in [5.74, 6) is -0.668. The highest BCUT2D eigenvalue weighted by Crippen LogP contribution is 2.27. The quantitative estimate of drug-likeness (QED) is 0.391. The average molecular weight is 437 g/mol. The van der Waals surface area contributed by atoms with E-state index in [1.165, 1.54) is 11.8 Å². The monoisotopic (exact) mass is 437 g/mol. The minimum Gasteiger partial charge on any atom is -0.454 e. The van der Waals surface area contributed by atoms with Gasteiger partial charge in [0.2, 0.25) is 5.89 Å². The van der Waals surface area contributed by atoms with E-state index in [-0.39, 0.29) is 18.9 Å². The molecular formula is C22H19N3O5S. The molecule has 31 heavy (non-hydrogen) atoms. The smallest absolute Gasteiger partial charge is 0.329 e. The number of nitrogens with zero attached hydrogens (tertiary/aromatic N) is 3. The summed E-state index contributed by atoms with van der Waals surface area (Å²) in [5.41, 5.74) is 1.33. The zero-order valence-corrected chi connectivity index (χ0v) is 17.5. The lowest BCUT2D eigenvalue weighted by Gasteiger charge is -2.24. The first-order valence-corrected chi connectivity index (χ1v) is 11.0. The second-order valence-corrected chi connectivity index (χ2v) is 7.78. The van der Waals surface area contributed by atoms with Crippen LogP contribution < -0.4 is 0 Å². The number of ether oxygens (including phenoxy) is 1. The van der Waals surface area contributed by atoms with Crippen molar-refractivity contribution in [3.05, 3.63) is 71.6 Å². The van der Waals surface area contributed by atoms with Crippen LogP contribution in [-0.2, 0) is 16.1 Å². The van der Waals surface area contributed by atoms with Gasteiger partial charge in [-0.2, -0.15) is 11.8 Å². The molecule has 2 amide bonds. The maximum absolute atomic E-state index is 12.9. The Bertz CT molecular complexity index is 1080. The van der Waals surface area contributed by atoms with E-state index >= 15 is 0 Å². The second-order valence-electron chi connectivity index (χ2n) is 6.80. The Hall–Kier alpha value is -3.46. The van der Waals surface area contributed by atoms with Crippen molar-refractivity contribution in [3.63, 3.8) is 0 Å². The second kappa shape index (κ2) is 9.13. The van der Waals surface area contributed by atoms with Gasteiger partial charge in [-0.05, 0) is 42.7 Å². The molecule has 1 aliphatic rings.